The molecule has 1 aromatic rings. The Labute approximate surface area is 116 Å². The van der Waals surface area contributed by atoms with Gasteiger partial charge in [-0.1, -0.05) is 0 Å². The standard InChI is InChI=1S/C14H18FNO2S/c1-14(18)6-8-16(9-7-14)13(17)10-19-12-4-2-11(15)3-5-12/h2-5,18H,6-10H2,1H3. The molecule has 0 aliphatic carbocycles. The highest BCUT2D eigenvalue weighted by molar-refractivity contribution is 8.00. The van der Waals surface area contributed by atoms with E-state index in [1.165, 1.54) is 23.9 Å². The fourth-order valence-electron chi connectivity index (χ4n) is 2.01. The predicted molar refractivity (Wildman–Crippen MR) is 73.6 cm³/mol. The van der Waals surface area contributed by atoms with Gasteiger partial charge in [0.05, 0.1) is 11.4 Å². The Morgan fingerprint density at radius 2 is 1.95 bits per heavy atom. The minimum Gasteiger partial charge on any atom is -0.390 e. The van der Waals surface area contributed by atoms with Crippen LogP contribution in [0.4, 0.5) is 4.39 Å². The molecule has 2 rings (SSSR count). The van der Waals surface area contributed by atoms with Crippen molar-refractivity contribution in [1.29, 1.82) is 0 Å². The second-order valence-corrected chi connectivity index (χ2v) is 6.17. The third-order valence-corrected chi connectivity index (χ3v) is 4.37. The summed E-state index contributed by atoms with van der Waals surface area (Å²) in [6.07, 6.45) is 1.25. The van der Waals surface area contributed by atoms with Gasteiger partial charge in [0.2, 0.25) is 5.91 Å². The molecule has 3 nitrogen and oxygen atoms in total. The third kappa shape index (κ3) is 4.21. The maximum Gasteiger partial charge on any atom is 0.232 e. The molecule has 104 valence electrons. The summed E-state index contributed by atoms with van der Waals surface area (Å²) >= 11 is 1.41. The Hall–Kier alpha value is -1.07. The zero-order chi connectivity index (χ0) is 13.9. The number of amides is 1. The van der Waals surface area contributed by atoms with Crippen molar-refractivity contribution < 1.29 is 14.3 Å². The molecule has 0 bridgehead atoms. The lowest BCUT2D eigenvalue weighted by atomic mass is 9.94. The molecule has 1 aromatic carbocycles. The predicted octanol–water partition coefficient (Wildman–Crippen LogP) is 2.29. The number of halogens is 1. The van der Waals surface area contributed by atoms with Gasteiger partial charge >= 0.3 is 0 Å². The first kappa shape index (κ1) is 14.3. The minimum atomic E-state index is -0.638. The van der Waals surface area contributed by atoms with Gasteiger partial charge in [0, 0.05) is 18.0 Å². The van der Waals surface area contributed by atoms with E-state index in [9.17, 15) is 14.3 Å². The fraction of sp³-hybridized carbons (Fsp3) is 0.500. The van der Waals surface area contributed by atoms with Gasteiger partial charge in [0.1, 0.15) is 5.82 Å². The second-order valence-electron chi connectivity index (χ2n) is 5.12. The van der Waals surface area contributed by atoms with Crippen molar-refractivity contribution >= 4 is 17.7 Å². The lowest BCUT2D eigenvalue weighted by molar-refractivity contribution is -0.132. The van der Waals surface area contributed by atoms with E-state index >= 15 is 0 Å². The highest BCUT2D eigenvalue weighted by atomic mass is 32.2. The van der Waals surface area contributed by atoms with E-state index in [0.717, 1.165) is 4.90 Å². The summed E-state index contributed by atoms with van der Waals surface area (Å²) in [6, 6.07) is 6.14. The van der Waals surface area contributed by atoms with Crippen LogP contribution in [0.15, 0.2) is 29.2 Å². The second kappa shape index (κ2) is 5.92. The van der Waals surface area contributed by atoms with E-state index in [1.807, 2.05) is 6.92 Å². The lowest BCUT2D eigenvalue weighted by Gasteiger charge is -2.35. The molecular weight excluding hydrogens is 265 g/mol. The highest BCUT2D eigenvalue weighted by Gasteiger charge is 2.29. The number of thioether (sulfide) groups is 1. The fourth-order valence-corrected chi connectivity index (χ4v) is 2.81. The molecule has 1 N–H and O–H groups in total. The molecule has 1 fully saturated rings. The summed E-state index contributed by atoms with van der Waals surface area (Å²) in [7, 11) is 0. The van der Waals surface area contributed by atoms with Gasteiger partial charge in [-0.05, 0) is 44.0 Å². The van der Waals surface area contributed by atoms with Gasteiger partial charge in [-0.3, -0.25) is 4.79 Å². The summed E-state index contributed by atoms with van der Waals surface area (Å²) < 4.78 is 12.7. The Morgan fingerprint density at radius 3 is 2.53 bits per heavy atom. The Morgan fingerprint density at radius 1 is 1.37 bits per heavy atom. The van der Waals surface area contributed by atoms with Crippen LogP contribution in [0.5, 0.6) is 0 Å². The van der Waals surface area contributed by atoms with Crippen LogP contribution >= 0.6 is 11.8 Å². The molecule has 5 heteroatoms. The Kier molecular flexibility index (Phi) is 4.47. The third-order valence-electron chi connectivity index (χ3n) is 3.37. The number of nitrogens with zero attached hydrogens (tertiary/aromatic N) is 1. The van der Waals surface area contributed by atoms with E-state index in [2.05, 4.69) is 0 Å². The molecule has 1 aliphatic rings. The molecule has 0 unspecified atom stereocenters. The Balaban J connectivity index is 1.80. The molecule has 1 saturated heterocycles. The van der Waals surface area contributed by atoms with Crippen LogP contribution in [0.2, 0.25) is 0 Å². The first-order valence-electron chi connectivity index (χ1n) is 6.35. The molecule has 0 atom stereocenters. The first-order valence-corrected chi connectivity index (χ1v) is 7.33. The average molecular weight is 283 g/mol. The van der Waals surface area contributed by atoms with E-state index in [1.54, 1.807) is 17.0 Å². The molecule has 19 heavy (non-hydrogen) atoms. The zero-order valence-electron chi connectivity index (χ0n) is 10.9. The quantitative estimate of drug-likeness (QED) is 0.865. The van der Waals surface area contributed by atoms with Crippen LogP contribution < -0.4 is 0 Å². The topological polar surface area (TPSA) is 40.5 Å². The molecule has 0 aromatic heterocycles. The van der Waals surface area contributed by atoms with Crippen molar-refractivity contribution in [3.8, 4) is 0 Å². The van der Waals surface area contributed by atoms with Crippen LogP contribution in [-0.2, 0) is 4.79 Å². The number of rotatable bonds is 3. The molecule has 1 amide bonds. The number of piperidine rings is 1. The van der Waals surface area contributed by atoms with Crippen molar-refractivity contribution in [2.45, 2.75) is 30.3 Å². The van der Waals surface area contributed by atoms with Crippen molar-refractivity contribution in [1.82, 2.24) is 4.90 Å². The molecule has 1 heterocycles. The normalized spacial score (nSPS) is 18.4. The van der Waals surface area contributed by atoms with Crippen molar-refractivity contribution in [3.63, 3.8) is 0 Å². The molecule has 0 saturated carbocycles. The number of aliphatic hydroxyl groups is 1. The SMILES string of the molecule is CC1(O)CCN(C(=O)CSc2ccc(F)cc2)CC1. The van der Waals surface area contributed by atoms with E-state index in [-0.39, 0.29) is 11.7 Å². The highest BCUT2D eigenvalue weighted by Crippen LogP contribution is 2.23. The summed E-state index contributed by atoms with van der Waals surface area (Å²) in [5.41, 5.74) is -0.638. The molecule has 1 aliphatic heterocycles. The van der Waals surface area contributed by atoms with Crippen molar-refractivity contribution in [3.05, 3.63) is 30.1 Å². The summed E-state index contributed by atoms with van der Waals surface area (Å²) in [5, 5.41) is 9.83. The van der Waals surface area contributed by atoms with Gasteiger partial charge in [0.25, 0.3) is 0 Å². The van der Waals surface area contributed by atoms with Crippen LogP contribution in [0.25, 0.3) is 0 Å². The van der Waals surface area contributed by atoms with Crippen LogP contribution in [-0.4, -0.2) is 40.4 Å². The van der Waals surface area contributed by atoms with E-state index in [0.29, 0.717) is 31.7 Å². The number of benzene rings is 1. The number of likely N-dealkylation sites (tertiary alicyclic amines) is 1. The van der Waals surface area contributed by atoms with Gasteiger partial charge in [-0.25, -0.2) is 4.39 Å². The Bertz CT molecular complexity index is 437. The summed E-state index contributed by atoms with van der Waals surface area (Å²) in [6.45, 7) is 3.02. The number of hydrogen-bond donors (Lipinski definition) is 1. The maximum absolute atomic E-state index is 12.7. The largest absolute Gasteiger partial charge is 0.390 e. The number of carbonyl (C=O) groups is 1. The summed E-state index contributed by atoms with van der Waals surface area (Å²) in [4.78, 5) is 14.7. The average Bonchev–Trinajstić information content (AvgIpc) is 2.37. The van der Waals surface area contributed by atoms with Gasteiger partial charge in [-0.2, -0.15) is 0 Å². The van der Waals surface area contributed by atoms with Crippen LogP contribution in [0, 0.1) is 5.82 Å². The molecule has 0 spiro atoms. The van der Waals surface area contributed by atoms with Gasteiger partial charge in [-0.15, -0.1) is 11.8 Å². The first-order chi connectivity index (χ1) is 8.96. The van der Waals surface area contributed by atoms with E-state index < -0.39 is 5.60 Å². The van der Waals surface area contributed by atoms with Crippen LogP contribution in [0.3, 0.4) is 0 Å². The molecule has 0 radical (unpaired) electrons. The molecular formula is C14H18FNO2S. The lowest BCUT2D eigenvalue weighted by Crippen LogP contribution is -2.45. The van der Waals surface area contributed by atoms with Gasteiger partial charge in [0.15, 0.2) is 0 Å². The van der Waals surface area contributed by atoms with Crippen molar-refractivity contribution in [2.75, 3.05) is 18.8 Å². The minimum absolute atomic E-state index is 0.0739. The van der Waals surface area contributed by atoms with Gasteiger partial charge < -0.3 is 10.0 Å². The monoisotopic (exact) mass is 283 g/mol. The smallest absolute Gasteiger partial charge is 0.232 e. The zero-order valence-corrected chi connectivity index (χ0v) is 11.8. The van der Waals surface area contributed by atoms with E-state index in [4.69, 9.17) is 0 Å². The number of carbonyl (C=O) groups excluding carboxylic acids is 1. The summed E-state index contributed by atoms with van der Waals surface area (Å²) in [5.74, 6) is 0.159. The maximum atomic E-state index is 12.7. The van der Waals surface area contributed by atoms with Crippen molar-refractivity contribution in [2.24, 2.45) is 0 Å². The van der Waals surface area contributed by atoms with Crippen LogP contribution in [0.1, 0.15) is 19.8 Å². The number of hydrogen-bond acceptors (Lipinski definition) is 3.